The largest absolute Gasteiger partial charge is 0.494 e. The fourth-order valence-corrected chi connectivity index (χ4v) is 5.39. The van der Waals surface area contributed by atoms with Crippen LogP contribution in [0.25, 0.3) is 0 Å². The van der Waals surface area contributed by atoms with Gasteiger partial charge in [0.2, 0.25) is 0 Å². The predicted octanol–water partition coefficient (Wildman–Crippen LogP) is 6.62. The standard InChI is InChI=1S/C27H33F3O3/c1-32-25-13-9-20(14-24(25)28)18-6-10-22(11-7-18)33-16-21-8-12-23(27(30)26(21)29)19-4-2-17(15-31)3-5-19/h8-9,12-14,17-19,22,31H,2-7,10-11,15-16H2,1H3. The van der Waals surface area contributed by atoms with E-state index in [0.29, 0.717) is 5.56 Å². The van der Waals surface area contributed by atoms with Crippen LogP contribution in [0, 0.1) is 23.4 Å². The summed E-state index contributed by atoms with van der Waals surface area (Å²) < 4.78 is 54.5. The van der Waals surface area contributed by atoms with E-state index in [1.807, 2.05) is 6.07 Å². The van der Waals surface area contributed by atoms with E-state index < -0.39 is 11.6 Å². The van der Waals surface area contributed by atoms with Crippen LogP contribution < -0.4 is 4.74 Å². The average molecular weight is 463 g/mol. The number of aliphatic hydroxyl groups excluding tert-OH is 1. The van der Waals surface area contributed by atoms with Gasteiger partial charge in [-0.15, -0.1) is 0 Å². The lowest BCUT2D eigenvalue weighted by molar-refractivity contribution is 0.0118. The van der Waals surface area contributed by atoms with E-state index in [2.05, 4.69) is 0 Å². The number of hydrogen-bond donors (Lipinski definition) is 1. The van der Waals surface area contributed by atoms with E-state index in [9.17, 15) is 18.3 Å². The van der Waals surface area contributed by atoms with Crippen molar-refractivity contribution in [2.45, 2.75) is 75.9 Å². The van der Waals surface area contributed by atoms with Crippen LogP contribution in [0.15, 0.2) is 30.3 Å². The number of ether oxygens (including phenoxy) is 2. The van der Waals surface area contributed by atoms with Crippen molar-refractivity contribution in [3.05, 3.63) is 64.5 Å². The van der Waals surface area contributed by atoms with E-state index in [0.717, 1.165) is 56.9 Å². The zero-order valence-electron chi connectivity index (χ0n) is 19.2. The molecule has 4 rings (SSSR count). The summed E-state index contributed by atoms with van der Waals surface area (Å²) in [6.45, 7) is 0.214. The summed E-state index contributed by atoms with van der Waals surface area (Å²) >= 11 is 0. The SMILES string of the molecule is COc1ccc(C2CCC(OCc3ccc(C4CCC(CO)CC4)c(F)c3F)CC2)cc1F. The highest BCUT2D eigenvalue weighted by molar-refractivity contribution is 5.32. The van der Waals surface area contributed by atoms with Gasteiger partial charge in [0, 0.05) is 12.2 Å². The zero-order chi connectivity index (χ0) is 23.4. The highest BCUT2D eigenvalue weighted by atomic mass is 19.2. The van der Waals surface area contributed by atoms with Crippen molar-refractivity contribution >= 4 is 0 Å². The predicted molar refractivity (Wildman–Crippen MR) is 121 cm³/mol. The van der Waals surface area contributed by atoms with E-state index in [1.165, 1.54) is 7.11 Å². The molecule has 0 aromatic heterocycles. The van der Waals surface area contributed by atoms with Crippen LogP contribution in [0.2, 0.25) is 0 Å². The maximum Gasteiger partial charge on any atom is 0.165 e. The quantitative estimate of drug-likeness (QED) is 0.502. The van der Waals surface area contributed by atoms with Crippen LogP contribution in [0.5, 0.6) is 5.75 Å². The molecule has 0 bridgehead atoms. The minimum atomic E-state index is -0.806. The molecule has 0 atom stereocenters. The molecule has 2 aliphatic rings. The Bertz CT molecular complexity index is 932. The van der Waals surface area contributed by atoms with E-state index in [1.54, 1.807) is 24.3 Å². The van der Waals surface area contributed by atoms with Gasteiger partial charge >= 0.3 is 0 Å². The smallest absolute Gasteiger partial charge is 0.165 e. The van der Waals surface area contributed by atoms with Crippen molar-refractivity contribution in [1.82, 2.24) is 0 Å². The van der Waals surface area contributed by atoms with Gasteiger partial charge < -0.3 is 14.6 Å². The van der Waals surface area contributed by atoms with Gasteiger partial charge in [-0.25, -0.2) is 13.2 Å². The second-order valence-corrected chi connectivity index (χ2v) is 9.52. The molecule has 0 unspecified atom stereocenters. The number of halogens is 3. The summed E-state index contributed by atoms with van der Waals surface area (Å²) in [7, 11) is 1.45. The van der Waals surface area contributed by atoms with Crippen LogP contribution in [-0.2, 0) is 11.3 Å². The lowest BCUT2D eigenvalue weighted by Crippen LogP contribution is -2.21. The Morgan fingerprint density at radius 1 is 0.848 bits per heavy atom. The molecule has 6 heteroatoms. The first-order valence-corrected chi connectivity index (χ1v) is 12.0. The molecule has 0 amide bonds. The molecule has 3 nitrogen and oxygen atoms in total. The number of aliphatic hydroxyl groups is 1. The van der Waals surface area contributed by atoms with Crippen LogP contribution in [0.3, 0.4) is 0 Å². The topological polar surface area (TPSA) is 38.7 Å². The van der Waals surface area contributed by atoms with Crippen molar-refractivity contribution in [3.8, 4) is 5.75 Å². The average Bonchev–Trinajstić information content (AvgIpc) is 2.85. The third-order valence-electron chi connectivity index (χ3n) is 7.53. The van der Waals surface area contributed by atoms with Crippen LogP contribution in [-0.4, -0.2) is 24.9 Å². The zero-order valence-corrected chi connectivity index (χ0v) is 19.2. The minimum Gasteiger partial charge on any atom is -0.494 e. The molecule has 2 aliphatic carbocycles. The Balaban J connectivity index is 1.30. The van der Waals surface area contributed by atoms with Crippen molar-refractivity contribution in [1.29, 1.82) is 0 Å². The van der Waals surface area contributed by atoms with E-state index >= 15 is 0 Å². The van der Waals surface area contributed by atoms with Gasteiger partial charge in [0.15, 0.2) is 23.2 Å². The second kappa shape index (κ2) is 10.9. The minimum absolute atomic E-state index is 0.00957. The van der Waals surface area contributed by atoms with Gasteiger partial charge in [0.05, 0.1) is 19.8 Å². The summed E-state index contributed by atoms with van der Waals surface area (Å²) in [5.74, 6) is -1.12. The summed E-state index contributed by atoms with van der Waals surface area (Å²) in [4.78, 5) is 0. The van der Waals surface area contributed by atoms with E-state index in [4.69, 9.17) is 9.47 Å². The first-order chi connectivity index (χ1) is 16.0. The monoisotopic (exact) mass is 462 g/mol. The maximum atomic E-state index is 14.8. The molecule has 2 saturated carbocycles. The van der Waals surface area contributed by atoms with Gasteiger partial charge in [-0.2, -0.15) is 0 Å². The Labute approximate surface area is 193 Å². The van der Waals surface area contributed by atoms with Crippen molar-refractivity contribution in [3.63, 3.8) is 0 Å². The molecular formula is C27H33F3O3. The van der Waals surface area contributed by atoms with Crippen molar-refractivity contribution in [2.24, 2.45) is 5.92 Å². The third-order valence-corrected chi connectivity index (χ3v) is 7.53. The molecule has 2 aromatic rings. The van der Waals surface area contributed by atoms with Crippen molar-refractivity contribution < 1.29 is 27.8 Å². The molecule has 0 aliphatic heterocycles. The maximum absolute atomic E-state index is 14.8. The molecule has 2 fully saturated rings. The molecule has 0 heterocycles. The molecular weight excluding hydrogens is 429 g/mol. The molecule has 0 radical (unpaired) electrons. The lowest BCUT2D eigenvalue weighted by atomic mass is 9.78. The summed E-state index contributed by atoms with van der Waals surface area (Å²) in [6, 6.07) is 8.46. The van der Waals surface area contributed by atoms with Gasteiger partial charge in [0.25, 0.3) is 0 Å². The second-order valence-electron chi connectivity index (χ2n) is 9.52. The first kappa shape index (κ1) is 24.1. The molecule has 1 N–H and O–H groups in total. The number of rotatable bonds is 7. The summed E-state index contributed by atoms with van der Waals surface area (Å²) in [5.41, 5.74) is 1.66. The summed E-state index contributed by atoms with van der Waals surface area (Å²) in [6.07, 6.45) is 6.56. The van der Waals surface area contributed by atoms with Crippen LogP contribution in [0.1, 0.15) is 79.9 Å². The Kier molecular flexibility index (Phi) is 7.97. The Morgan fingerprint density at radius 3 is 2.18 bits per heavy atom. The van der Waals surface area contributed by atoms with Gasteiger partial charge in [0.1, 0.15) is 0 Å². The molecule has 33 heavy (non-hydrogen) atoms. The van der Waals surface area contributed by atoms with Gasteiger partial charge in [-0.05, 0) is 92.4 Å². The van der Waals surface area contributed by atoms with Gasteiger partial charge in [-0.1, -0.05) is 18.2 Å². The Morgan fingerprint density at radius 2 is 1.55 bits per heavy atom. The molecule has 2 aromatic carbocycles. The number of benzene rings is 2. The van der Waals surface area contributed by atoms with E-state index in [-0.39, 0.29) is 54.2 Å². The van der Waals surface area contributed by atoms with Crippen LogP contribution >= 0.6 is 0 Å². The lowest BCUT2D eigenvalue weighted by Gasteiger charge is -2.29. The Hall–Kier alpha value is -2.05. The fraction of sp³-hybridized carbons (Fsp3) is 0.556. The van der Waals surface area contributed by atoms with Crippen LogP contribution in [0.4, 0.5) is 13.2 Å². The molecule has 0 spiro atoms. The number of methoxy groups -OCH3 is 1. The normalized spacial score (nSPS) is 25.7. The van der Waals surface area contributed by atoms with Crippen molar-refractivity contribution in [2.75, 3.05) is 13.7 Å². The third kappa shape index (κ3) is 5.55. The summed E-state index contributed by atoms with van der Waals surface area (Å²) in [5, 5.41) is 9.28. The van der Waals surface area contributed by atoms with Gasteiger partial charge in [-0.3, -0.25) is 0 Å². The molecule has 0 saturated heterocycles. The first-order valence-electron chi connectivity index (χ1n) is 12.0. The fourth-order valence-electron chi connectivity index (χ4n) is 5.39. The number of hydrogen-bond acceptors (Lipinski definition) is 3. The highest BCUT2D eigenvalue weighted by Gasteiger charge is 2.27. The molecule has 180 valence electrons. The highest BCUT2D eigenvalue weighted by Crippen LogP contribution is 2.38.